The first-order chi connectivity index (χ1) is 6.79. The van der Waals surface area contributed by atoms with Crippen molar-refractivity contribution in [3.05, 3.63) is 34.9 Å². The van der Waals surface area contributed by atoms with Crippen LogP contribution >= 0.6 is 11.6 Å². The number of ether oxygens (including phenoxy) is 1. The minimum Gasteiger partial charge on any atom is -0.465 e. The molecule has 0 bridgehead atoms. The van der Waals surface area contributed by atoms with E-state index < -0.39 is 0 Å². The molecule has 1 aliphatic rings. The molecule has 1 aliphatic carbocycles. The molecule has 1 aromatic rings. The third-order valence-corrected chi connectivity index (χ3v) is 2.94. The lowest BCUT2D eigenvalue weighted by molar-refractivity contribution is -0.138. The van der Waals surface area contributed by atoms with Crippen molar-refractivity contribution in [3.63, 3.8) is 0 Å². The van der Waals surface area contributed by atoms with Crippen LogP contribution in [0.3, 0.4) is 0 Å². The summed E-state index contributed by atoms with van der Waals surface area (Å²) in [5.41, 5.74) is 1.28. The van der Waals surface area contributed by atoms with Gasteiger partial charge in [-0.2, -0.15) is 0 Å². The minimum absolute atomic E-state index is 0.119. The fraction of sp³-hybridized carbons (Fsp3) is 0.364. The summed E-state index contributed by atoms with van der Waals surface area (Å²) in [7, 11) is 0. The van der Waals surface area contributed by atoms with Crippen molar-refractivity contribution in [1.82, 2.24) is 0 Å². The molecular formula is C11H11ClO2. The standard InChI is InChI=1S/C11H11ClO2/c12-10-3-1-8(2-4-10)9-5-11(6-9)14-7-13/h1-4,7,9,11H,5-6H2. The van der Waals surface area contributed by atoms with Crippen LogP contribution in [0.25, 0.3) is 0 Å². The number of halogens is 1. The predicted octanol–water partition coefficient (Wildman–Crippen LogP) is 2.76. The van der Waals surface area contributed by atoms with Crippen LogP contribution in [0.15, 0.2) is 24.3 Å². The van der Waals surface area contributed by atoms with E-state index in [4.69, 9.17) is 16.3 Å². The van der Waals surface area contributed by atoms with Gasteiger partial charge in [-0.3, -0.25) is 4.79 Å². The van der Waals surface area contributed by atoms with Crippen LogP contribution in [-0.4, -0.2) is 12.6 Å². The van der Waals surface area contributed by atoms with Gasteiger partial charge in [0.15, 0.2) is 0 Å². The Hall–Kier alpha value is -1.02. The molecule has 74 valence electrons. The first-order valence-electron chi connectivity index (χ1n) is 4.64. The van der Waals surface area contributed by atoms with Crippen LogP contribution in [0.5, 0.6) is 0 Å². The second-order valence-electron chi connectivity index (χ2n) is 3.57. The maximum absolute atomic E-state index is 10.1. The highest BCUT2D eigenvalue weighted by molar-refractivity contribution is 6.30. The molecule has 0 aliphatic heterocycles. The zero-order valence-corrected chi connectivity index (χ0v) is 8.41. The molecule has 0 N–H and O–H groups in total. The summed E-state index contributed by atoms with van der Waals surface area (Å²) in [6.07, 6.45) is 1.98. The highest BCUT2D eigenvalue weighted by Gasteiger charge is 2.31. The van der Waals surface area contributed by atoms with Crippen molar-refractivity contribution < 1.29 is 9.53 Å². The van der Waals surface area contributed by atoms with Crippen molar-refractivity contribution in [3.8, 4) is 0 Å². The predicted molar refractivity (Wildman–Crippen MR) is 54.4 cm³/mol. The largest absolute Gasteiger partial charge is 0.465 e. The van der Waals surface area contributed by atoms with E-state index in [-0.39, 0.29) is 6.10 Å². The third-order valence-electron chi connectivity index (χ3n) is 2.68. The summed E-state index contributed by atoms with van der Waals surface area (Å²) in [5, 5.41) is 0.758. The Balaban J connectivity index is 1.93. The average Bonchev–Trinajstić information content (AvgIpc) is 2.13. The fourth-order valence-corrected chi connectivity index (χ4v) is 1.89. The van der Waals surface area contributed by atoms with Crippen LogP contribution in [-0.2, 0) is 9.53 Å². The Morgan fingerprint density at radius 1 is 1.29 bits per heavy atom. The van der Waals surface area contributed by atoms with Crippen LogP contribution in [0.1, 0.15) is 24.3 Å². The van der Waals surface area contributed by atoms with E-state index >= 15 is 0 Å². The summed E-state index contributed by atoms with van der Waals surface area (Å²) in [6.45, 7) is 0.531. The van der Waals surface area contributed by atoms with Crippen LogP contribution < -0.4 is 0 Å². The normalized spacial score (nSPS) is 25.2. The van der Waals surface area contributed by atoms with E-state index in [1.807, 2.05) is 24.3 Å². The van der Waals surface area contributed by atoms with Crippen molar-refractivity contribution in [2.24, 2.45) is 0 Å². The van der Waals surface area contributed by atoms with Crippen molar-refractivity contribution >= 4 is 18.1 Å². The average molecular weight is 211 g/mol. The SMILES string of the molecule is O=COC1CC(c2ccc(Cl)cc2)C1. The second kappa shape index (κ2) is 4.01. The lowest BCUT2D eigenvalue weighted by atomic mass is 9.77. The maximum atomic E-state index is 10.1. The lowest BCUT2D eigenvalue weighted by Gasteiger charge is -2.33. The maximum Gasteiger partial charge on any atom is 0.293 e. The van der Waals surface area contributed by atoms with Crippen LogP contribution in [0.2, 0.25) is 5.02 Å². The van der Waals surface area contributed by atoms with Gasteiger partial charge in [0, 0.05) is 5.02 Å². The van der Waals surface area contributed by atoms with Gasteiger partial charge in [0.25, 0.3) is 6.47 Å². The number of carbonyl (C=O) groups excluding carboxylic acids is 1. The molecule has 0 atom stereocenters. The van der Waals surface area contributed by atoms with Crippen LogP contribution in [0, 0.1) is 0 Å². The monoisotopic (exact) mass is 210 g/mol. The molecule has 1 fully saturated rings. The smallest absolute Gasteiger partial charge is 0.293 e. The molecule has 2 rings (SSSR count). The van der Waals surface area contributed by atoms with Gasteiger partial charge in [0.05, 0.1) is 0 Å². The van der Waals surface area contributed by atoms with Crippen LogP contribution in [0.4, 0.5) is 0 Å². The molecule has 0 spiro atoms. The van der Waals surface area contributed by atoms with Gasteiger partial charge in [0.1, 0.15) is 6.10 Å². The Morgan fingerprint density at radius 2 is 1.93 bits per heavy atom. The highest BCUT2D eigenvalue weighted by Crippen LogP contribution is 2.38. The van der Waals surface area contributed by atoms with Gasteiger partial charge in [0.2, 0.25) is 0 Å². The van der Waals surface area contributed by atoms with E-state index in [0.29, 0.717) is 12.4 Å². The summed E-state index contributed by atoms with van der Waals surface area (Å²) < 4.78 is 4.85. The molecule has 3 heteroatoms. The van der Waals surface area contributed by atoms with E-state index in [9.17, 15) is 4.79 Å². The van der Waals surface area contributed by atoms with Crippen molar-refractivity contribution in [2.75, 3.05) is 0 Å². The Bertz CT molecular complexity index is 315. The van der Waals surface area contributed by atoms with E-state index in [0.717, 1.165) is 17.9 Å². The lowest BCUT2D eigenvalue weighted by Crippen LogP contribution is -2.29. The van der Waals surface area contributed by atoms with E-state index in [2.05, 4.69) is 0 Å². The van der Waals surface area contributed by atoms with Crippen molar-refractivity contribution in [1.29, 1.82) is 0 Å². The molecule has 0 amide bonds. The quantitative estimate of drug-likeness (QED) is 0.718. The van der Waals surface area contributed by atoms with Gasteiger partial charge in [-0.15, -0.1) is 0 Å². The summed E-state index contributed by atoms with van der Waals surface area (Å²) in [6, 6.07) is 7.85. The molecule has 2 nitrogen and oxygen atoms in total. The zero-order chi connectivity index (χ0) is 9.97. The van der Waals surface area contributed by atoms with Gasteiger partial charge in [-0.1, -0.05) is 23.7 Å². The van der Waals surface area contributed by atoms with Gasteiger partial charge >= 0.3 is 0 Å². The third kappa shape index (κ3) is 1.90. The Morgan fingerprint density at radius 3 is 2.50 bits per heavy atom. The molecule has 0 unspecified atom stereocenters. The highest BCUT2D eigenvalue weighted by atomic mass is 35.5. The number of hydrogen-bond acceptors (Lipinski definition) is 2. The molecule has 0 radical (unpaired) electrons. The topological polar surface area (TPSA) is 26.3 Å². The van der Waals surface area contributed by atoms with Gasteiger partial charge in [-0.25, -0.2) is 0 Å². The van der Waals surface area contributed by atoms with Gasteiger partial charge in [-0.05, 0) is 36.5 Å². The molecular weight excluding hydrogens is 200 g/mol. The second-order valence-corrected chi connectivity index (χ2v) is 4.01. The molecule has 0 heterocycles. The first kappa shape index (κ1) is 9.53. The summed E-state index contributed by atoms with van der Waals surface area (Å²) in [4.78, 5) is 10.1. The molecule has 14 heavy (non-hydrogen) atoms. The number of benzene rings is 1. The molecule has 0 aromatic heterocycles. The number of carbonyl (C=O) groups is 1. The zero-order valence-electron chi connectivity index (χ0n) is 7.65. The Labute approximate surface area is 87.8 Å². The molecule has 1 saturated carbocycles. The van der Waals surface area contributed by atoms with E-state index in [1.54, 1.807) is 0 Å². The first-order valence-corrected chi connectivity index (χ1v) is 5.02. The summed E-state index contributed by atoms with van der Waals surface area (Å²) >= 11 is 5.78. The molecule has 0 saturated heterocycles. The minimum atomic E-state index is 0.119. The Kier molecular flexibility index (Phi) is 2.73. The number of rotatable bonds is 3. The van der Waals surface area contributed by atoms with Gasteiger partial charge < -0.3 is 4.74 Å². The van der Waals surface area contributed by atoms with E-state index in [1.165, 1.54) is 5.56 Å². The summed E-state index contributed by atoms with van der Waals surface area (Å²) in [5.74, 6) is 0.525. The number of hydrogen-bond donors (Lipinski definition) is 0. The van der Waals surface area contributed by atoms with Crippen molar-refractivity contribution in [2.45, 2.75) is 24.9 Å². The molecule has 1 aromatic carbocycles. The fourth-order valence-electron chi connectivity index (χ4n) is 1.76.